The lowest BCUT2D eigenvalue weighted by Crippen LogP contribution is -2.23. The maximum absolute atomic E-state index is 3.58. The second-order valence-electron chi connectivity index (χ2n) is 5.04. The summed E-state index contributed by atoms with van der Waals surface area (Å²) in [6.45, 7) is 13.3. The molecule has 0 heterocycles. The topological polar surface area (TPSA) is 15.3 Å². The van der Waals surface area contributed by atoms with Gasteiger partial charge in [-0.25, -0.2) is 0 Å². The molecule has 0 fully saturated rings. The highest BCUT2D eigenvalue weighted by Gasteiger charge is 2.09. The normalized spacial score (nSPS) is 14.1. The van der Waals surface area contributed by atoms with Crippen LogP contribution in [0.25, 0.3) is 0 Å². The first-order valence-electron chi connectivity index (χ1n) is 7.23. The highest BCUT2D eigenvalue weighted by molar-refractivity contribution is 5.55. The number of nitrogens with zero attached hydrogens (tertiary/aromatic N) is 1. The van der Waals surface area contributed by atoms with Gasteiger partial charge in [0.05, 0.1) is 0 Å². The van der Waals surface area contributed by atoms with Crippen LogP contribution in [0.1, 0.15) is 41.0 Å². The summed E-state index contributed by atoms with van der Waals surface area (Å²) >= 11 is 0. The lowest BCUT2D eigenvalue weighted by Gasteiger charge is -2.23. The van der Waals surface area contributed by atoms with Crippen molar-refractivity contribution in [1.82, 2.24) is 0 Å². The van der Waals surface area contributed by atoms with Gasteiger partial charge < -0.3 is 10.2 Å². The molecule has 0 bridgehead atoms. The van der Waals surface area contributed by atoms with E-state index in [1.807, 2.05) is 0 Å². The molecule has 0 spiro atoms. The average molecular weight is 248 g/mol. The Kier molecular flexibility index (Phi) is 6.03. The molecular formula is C16H28N2. The van der Waals surface area contributed by atoms with Crippen LogP contribution in [-0.2, 0) is 0 Å². The van der Waals surface area contributed by atoms with Crippen LogP contribution in [0.3, 0.4) is 0 Å². The fraction of sp³-hybridized carbons (Fsp3) is 0.625. The van der Waals surface area contributed by atoms with Crippen LogP contribution in [0.4, 0.5) is 11.4 Å². The third-order valence-electron chi connectivity index (χ3n) is 3.89. The van der Waals surface area contributed by atoms with Gasteiger partial charge in [-0.05, 0) is 51.0 Å². The first-order chi connectivity index (χ1) is 8.62. The summed E-state index contributed by atoms with van der Waals surface area (Å²) in [5.74, 6) is 0.701. The zero-order valence-corrected chi connectivity index (χ0v) is 12.5. The minimum Gasteiger partial charge on any atom is -0.382 e. The molecule has 102 valence electrons. The first kappa shape index (κ1) is 14.9. The van der Waals surface area contributed by atoms with Crippen molar-refractivity contribution in [1.29, 1.82) is 0 Å². The van der Waals surface area contributed by atoms with Gasteiger partial charge in [-0.15, -0.1) is 0 Å². The minimum atomic E-state index is 0.523. The van der Waals surface area contributed by atoms with Crippen LogP contribution < -0.4 is 10.2 Å². The summed E-state index contributed by atoms with van der Waals surface area (Å²) < 4.78 is 0. The van der Waals surface area contributed by atoms with Crippen molar-refractivity contribution in [2.45, 2.75) is 47.1 Å². The molecule has 1 rings (SSSR count). The minimum absolute atomic E-state index is 0.523. The van der Waals surface area contributed by atoms with E-state index in [1.165, 1.54) is 17.8 Å². The van der Waals surface area contributed by atoms with Crippen LogP contribution in [0.15, 0.2) is 24.3 Å². The van der Waals surface area contributed by atoms with Crippen molar-refractivity contribution >= 4 is 11.4 Å². The largest absolute Gasteiger partial charge is 0.382 e. The standard InChI is InChI=1S/C16H28N2/c1-6-13(4)14(5)17-15-9-11-16(12-10-15)18(7-2)8-3/h9-14,17H,6-8H2,1-5H3. The van der Waals surface area contributed by atoms with E-state index >= 15 is 0 Å². The summed E-state index contributed by atoms with van der Waals surface area (Å²) in [5.41, 5.74) is 2.53. The highest BCUT2D eigenvalue weighted by atomic mass is 15.1. The van der Waals surface area contributed by atoms with Crippen molar-refractivity contribution in [2.75, 3.05) is 23.3 Å². The Morgan fingerprint density at radius 3 is 2.00 bits per heavy atom. The third kappa shape index (κ3) is 3.94. The van der Waals surface area contributed by atoms with Crippen molar-refractivity contribution < 1.29 is 0 Å². The van der Waals surface area contributed by atoms with E-state index in [1.54, 1.807) is 0 Å². The maximum atomic E-state index is 3.58. The second-order valence-corrected chi connectivity index (χ2v) is 5.04. The Bertz CT molecular complexity index is 327. The maximum Gasteiger partial charge on any atom is 0.0367 e. The molecule has 0 aromatic heterocycles. The Morgan fingerprint density at radius 1 is 1.00 bits per heavy atom. The van der Waals surface area contributed by atoms with Crippen molar-refractivity contribution in [3.63, 3.8) is 0 Å². The molecule has 0 aliphatic heterocycles. The second kappa shape index (κ2) is 7.30. The predicted molar refractivity (Wildman–Crippen MR) is 82.5 cm³/mol. The van der Waals surface area contributed by atoms with Gasteiger partial charge in [0, 0.05) is 30.5 Å². The molecule has 0 aliphatic carbocycles. The number of rotatable bonds is 7. The Hall–Kier alpha value is -1.18. The van der Waals surface area contributed by atoms with Crippen molar-refractivity contribution in [3.8, 4) is 0 Å². The molecule has 2 nitrogen and oxygen atoms in total. The zero-order valence-electron chi connectivity index (χ0n) is 12.5. The predicted octanol–water partition coefficient (Wildman–Crippen LogP) is 4.38. The van der Waals surface area contributed by atoms with Crippen LogP contribution >= 0.6 is 0 Å². The summed E-state index contributed by atoms with van der Waals surface area (Å²) in [6, 6.07) is 9.31. The quantitative estimate of drug-likeness (QED) is 0.770. The van der Waals surface area contributed by atoms with E-state index in [0.29, 0.717) is 12.0 Å². The fourth-order valence-corrected chi connectivity index (χ4v) is 2.12. The number of hydrogen-bond donors (Lipinski definition) is 1. The molecule has 18 heavy (non-hydrogen) atoms. The Morgan fingerprint density at radius 2 is 1.56 bits per heavy atom. The number of anilines is 2. The Labute approximate surface area is 112 Å². The smallest absolute Gasteiger partial charge is 0.0367 e. The van der Waals surface area contributed by atoms with Crippen LogP contribution in [-0.4, -0.2) is 19.1 Å². The van der Waals surface area contributed by atoms with E-state index in [9.17, 15) is 0 Å². The number of benzene rings is 1. The lowest BCUT2D eigenvalue weighted by atomic mass is 10.0. The van der Waals surface area contributed by atoms with E-state index in [0.717, 1.165) is 13.1 Å². The van der Waals surface area contributed by atoms with E-state index < -0.39 is 0 Å². The summed E-state index contributed by atoms with van der Waals surface area (Å²) in [5, 5.41) is 3.58. The summed E-state index contributed by atoms with van der Waals surface area (Å²) in [7, 11) is 0. The van der Waals surface area contributed by atoms with Gasteiger partial charge in [0.1, 0.15) is 0 Å². The highest BCUT2D eigenvalue weighted by Crippen LogP contribution is 2.20. The molecule has 1 aromatic rings. The van der Waals surface area contributed by atoms with Gasteiger partial charge in [-0.2, -0.15) is 0 Å². The van der Waals surface area contributed by atoms with E-state index in [-0.39, 0.29) is 0 Å². The van der Waals surface area contributed by atoms with Crippen molar-refractivity contribution in [3.05, 3.63) is 24.3 Å². The molecule has 2 atom stereocenters. The Balaban J connectivity index is 2.65. The molecular weight excluding hydrogens is 220 g/mol. The van der Waals surface area contributed by atoms with E-state index in [2.05, 4.69) is 69.1 Å². The summed E-state index contributed by atoms with van der Waals surface area (Å²) in [4.78, 5) is 2.36. The molecule has 1 aromatic carbocycles. The fourth-order valence-electron chi connectivity index (χ4n) is 2.12. The molecule has 0 aliphatic rings. The van der Waals surface area contributed by atoms with Gasteiger partial charge in [0.25, 0.3) is 0 Å². The van der Waals surface area contributed by atoms with Gasteiger partial charge >= 0.3 is 0 Å². The third-order valence-corrected chi connectivity index (χ3v) is 3.89. The lowest BCUT2D eigenvalue weighted by molar-refractivity contribution is 0.494. The SMILES string of the molecule is CCC(C)C(C)Nc1ccc(N(CC)CC)cc1. The van der Waals surface area contributed by atoms with Gasteiger partial charge in [-0.1, -0.05) is 20.3 Å². The monoisotopic (exact) mass is 248 g/mol. The molecule has 0 amide bonds. The molecule has 0 saturated heterocycles. The molecule has 0 radical (unpaired) electrons. The van der Waals surface area contributed by atoms with Crippen LogP contribution in [0.5, 0.6) is 0 Å². The van der Waals surface area contributed by atoms with Crippen LogP contribution in [0, 0.1) is 5.92 Å². The van der Waals surface area contributed by atoms with Crippen LogP contribution in [0.2, 0.25) is 0 Å². The van der Waals surface area contributed by atoms with Gasteiger partial charge in [0.15, 0.2) is 0 Å². The van der Waals surface area contributed by atoms with Gasteiger partial charge in [-0.3, -0.25) is 0 Å². The number of nitrogens with one attached hydrogen (secondary N) is 1. The molecule has 2 unspecified atom stereocenters. The zero-order chi connectivity index (χ0) is 13.5. The van der Waals surface area contributed by atoms with Crippen molar-refractivity contribution in [2.24, 2.45) is 5.92 Å². The molecule has 1 N–H and O–H groups in total. The van der Waals surface area contributed by atoms with E-state index in [4.69, 9.17) is 0 Å². The number of hydrogen-bond acceptors (Lipinski definition) is 2. The molecule has 2 heteroatoms. The average Bonchev–Trinajstić information content (AvgIpc) is 2.41. The van der Waals surface area contributed by atoms with Gasteiger partial charge in [0.2, 0.25) is 0 Å². The first-order valence-corrected chi connectivity index (χ1v) is 7.23. The molecule has 0 saturated carbocycles. The summed E-state index contributed by atoms with van der Waals surface area (Å²) in [6.07, 6.45) is 1.21.